The summed E-state index contributed by atoms with van der Waals surface area (Å²) in [7, 11) is 1.64. The smallest absolute Gasteiger partial charge is 0.238 e. The third kappa shape index (κ3) is 6.38. The van der Waals surface area contributed by atoms with Crippen LogP contribution >= 0.6 is 0 Å². The Balaban J connectivity index is 1.70. The second kappa shape index (κ2) is 10.2. The Bertz CT molecular complexity index is 616. The molecule has 1 heterocycles. The molecule has 1 aliphatic heterocycles. The van der Waals surface area contributed by atoms with Gasteiger partial charge in [-0.3, -0.25) is 14.5 Å². The number of piperidine rings is 1. The maximum Gasteiger partial charge on any atom is 0.238 e. The first-order valence-electron chi connectivity index (χ1n) is 9.04. The van der Waals surface area contributed by atoms with Crippen LogP contribution in [-0.4, -0.2) is 56.6 Å². The number of carbonyl (C=O) groups is 2. The fourth-order valence-electron chi connectivity index (χ4n) is 3.00. The van der Waals surface area contributed by atoms with Crippen LogP contribution in [0.1, 0.15) is 24.8 Å². The summed E-state index contributed by atoms with van der Waals surface area (Å²) in [6, 6.07) is 4.66. The van der Waals surface area contributed by atoms with Crippen LogP contribution < -0.4 is 10.6 Å². The van der Waals surface area contributed by atoms with Crippen molar-refractivity contribution in [2.75, 3.05) is 45.2 Å². The predicted octanol–water partition coefficient (Wildman–Crippen LogP) is 1.94. The molecule has 1 aromatic rings. The average molecular weight is 365 g/mol. The summed E-state index contributed by atoms with van der Waals surface area (Å²) in [6.07, 6.45) is 2.28. The van der Waals surface area contributed by atoms with Crippen molar-refractivity contribution in [3.8, 4) is 0 Å². The second-order valence-electron chi connectivity index (χ2n) is 6.70. The van der Waals surface area contributed by atoms with Gasteiger partial charge in [0.05, 0.1) is 6.54 Å². The maximum absolute atomic E-state index is 13.5. The van der Waals surface area contributed by atoms with E-state index in [-0.39, 0.29) is 30.1 Å². The number of nitrogens with zero attached hydrogens (tertiary/aromatic N) is 1. The molecule has 26 heavy (non-hydrogen) atoms. The molecule has 144 valence electrons. The average Bonchev–Trinajstić information content (AvgIpc) is 2.62. The van der Waals surface area contributed by atoms with Crippen molar-refractivity contribution in [1.82, 2.24) is 10.2 Å². The lowest BCUT2D eigenvalue weighted by Gasteiger charge is -2.30. The van der Waals surface area contributed by atoms with Gasteiger partial charge in [-0.05, 0) is 57.0 Å². The van der Waals surface area contributed by atoms with Crippen molar-refractivity contribution in [2.45, 2.75) is 26.2 Å². The largest absolute Gasteiger partial charge is 0.385 e. The molecule has 7 heteroatoms. The van der Waals surface area contributed by atoms with Gasteiger partial charge in [-0.15, -0.1) is 0 Å². The number of rotatable bonds is 8. The number of amides is 2. The number of carbonyl (C=O) groups excluding carboxylic acids is 2. The number of likely N-dealkylation sites (tertiary alicyclic amines) is 1. The van der Waals surface area contributed by atoms with Crippen LogP contribution in [0.25, 0.3) is 0 Å². The minimum atomic E-state index is -0.333. The highest BCUT2D eigenvalue weighted by Crippen LogP contribution is 2.18. The lowest BCUT2D eigenvalue weighted by Crippen LogP contribution is -2.43. The Labute approximate surface area is 154 Å². The predicted molar refractivity (Wildman–Crippen MR) is 98.4 cm³/mol. The zero-order chi connectivity index (χ0) is 18.9. The Morgan fingerprint density at radius 2 is 2.04 bits per heavy atom. The van der Waals surface area contributed by atoms with E-state index in [4.69, 9.17) is 4.74 Å². The molecule has 1 saturated heterocycles. The molecule has 1 aromatic carbocycles. The van der Waals surface area contributed by atoms with E-state index in [9.17, 15) is 14.0 Å². The van der Waals surface area contributed by atoms with E-state index in [0.29, 0.717) is 37.5 Å². The number of anilines is 1. The number of ether oxygens (including phenoxy) is 1. The van der Waals surface area contributed by atoms with Gasteiger partial charge in [0.1, 0.15) is 5.82 Å². The SMILES string of the molecule is COCCCNC(=O)C1CCN(CC(=O)Nc2ccc(C)c(F)c2)CC1. The Morgan fingerprint density at radius 3 is 2.69 bits per heavy atom. The van der Waals surface area contributed by atoms with Crippen molar-refractivity contribution in [2.24, 2.45) is 5.92 Å². The van der Waals surface area contributed by atoms with Crippen LogP contribution in [0.15, 0.2) is 18.2 Å². The van der Waals surface area contributed by atoms with Gasteiger partial charge in [0.15, 0.2) is 0 Å². The van der Waals surface area contributed by atoms with Crippen LogP contribution in [0.5, 0.6) is 0 Å². The summed E-state index contributed by atoms with van der Waals surface area (Å²) in [5.41, 5.74) is 1.01. The summed E-state index contributed by atoms with van der Waals surface area (Å²) in [5, 5.41) is 5.65. The molecule has 2 rings (SSSR count). The van der Waals surface area contributed by atoms with Gasteiger partial charge < -0.3 is 15.4 Å². The van der Waals surface area contributed by atoms with E-state index >= 15 is 0 Å². The van der Waals surface area contributed by atoms with E-state index < -0.39 is 0 Å². The number of benzene rings is 1. The topological polar surface area (TPSA) is 70.7 Å². The Hall–Kier alpha value is -1.99. The molecule has 0 atom stereocenters. The lowest BCUT2D eigenvalue weighted by atomic mass is 9.96. The number of methoxy groups -OCH3 is 1. The number of nitrogens with one attached hydrogen (secondary N) is 2. The van der Waals surface area contributed by atoms with E-state index in [2.05, 4.69) is 10.6 Å². The molecular formula is C19H28FN3O3. The molecule has 0 radical (unpaired) electrons. The number of aryl methyl sites for hydroxylation is 1. The summed E-state index contributed by atoms with van der Waals surface area (Å²) in [6.45, 7) is 4.59. The van der Waals surface area contributed by atoms with Gasteiger partial charge in [0, 0.05) is 31.9 Å². The van der Waals surface area contributed by atoms with E-state index in [1.54, 1.807) is 26.2 Å². The molecule has 0 aromatic heterocycles. The van der Waals surface area contributed by atoms with E-state index in [1.165, 1.54) is 6.07 Å². The monoisotopic (exact) mass is 365 g/mol. The Morgan fingerprint density at radius 1 is 1.31 bits per heavy atom. The van der Waals surface area contributed by atoms with E-state index in [0.717, 1.165) is 19.3 Å². The van der Waals surface area contributed by atoms with Crippen LogP contribution in [-0.2, 0) is 14.3 Å². The Kier molecular flexibility index (Phi) is 8.00. The molecule has 0 unspecified atom stereocenters. The zero-order valence-corrected chi connectivity index (χ0v) is 15.5. The van der Waals surface area contributed by atoms with Crippen LogP contribution in [0.4, 0.5) is 10.1 Å². The minimum Gasteiger partial charge on any atom is -0.385 e. The third-order valence-corrected chi connectivity index (χ3v) is 4.61. The highest BCUT2D eigenvalue weighted by Gasteiger charge is 2.25. The quantitative estimate of drug-likeness (QED) is 0.691. The lowest BCUT2D eigenvalue weighted by molar-refractivity contribution is -0.126. The van der Waals surface area contributed by atoms with Gasteiger partial charge >= 0.3 is 0 Å². The van der Waals surface area contributed by atoms with Crippen molar-refractivity contribution >= 4 is 17.5 Å². The first-order chi connectivity index (χ1) is 12.5. The number of hydrogen-bond donors (Lipinski definition) is 2. The summed E-state index contributed by atoms with van der Waals surface area (Å²) in [5.74, 6) is -0.417. The van der Waals surface area contributed by atoms with Crippen LogP contribution in [0.3, 0.4) is 0 Å². The van der Waals surface area contributed by atoms with Crippen molar-refractivity contribution < 1.29 is 18.7 Å². The van der Waals surface area contributed by atoms with Gasteiger partial charge in [0.2, 0.25) is 11.8 Å². The molecule has 1 fully saturated rings. The molecule has 0 aliphatic carbocycles. The van der Waals surface area contributed by atoms with Crippen molar-refractivity contribution in [1.29, 1.82) is 0 Å². The summed E-state index contributed by atoms with van der Waals surface area (Å²) < 4.78 is 18.5. The normalized spacial score (nSPS) is 15.7. The van der Waals surface area contributed by atoms with Gasteiger partial charge in [0.25, 0.3) is 0 Å². The van der Waals surface area contributed by atoms with Crippen molar-refractivity contribution in [3.05, 3.63) is 29.6 Å². The van der Waals surface area contributed by atoms with Crippen molar-refractivity contribution in [3.63, 3.8) is 0 Å². The zero-order valence-electron chi connectivity index (χ0n) is 15.5. The molecule has 1 aliphatic rings. The van der Waals surface area contributed by atoms with Gasteiger partial charge in [-0.25, -0.2) is 4.39 Å². The highest BCUT2D eigenvalue weighted by atomic mass is 19.1. The molecule has 0 bridgehead atoms. The molecule has 2 amide bonds. The molecule has 0 spiro atoms. The van der Waals surface area contributed by atoms with Gasteiger partial charge in [-0.1, -0.05) is 6.07 Å². The second-order valence-corrected chi connectivity index (χ2v) is 6.70. The fraction of sp³-hybridized carbons (Fsp3) is 0.579. The maximum atomic E-state index is 13.5. The fourth-order valence-corrected chi connectivity index (χ4v) is 3.00. The first kappa shape index (κ1) is 20.3. The minimum absolute atomic E-state index is 0.00282. The van der Waals surface area contributed by atoms with Crippen LogP contribution in [0.2, 0.25) is 0 Å². The van der Waals surface area contributed by atoms with Crippen LogP contribution in [0, 0.1) is 18.7 Å². The van der Waals surface area contributed by atoms with Gasteiger partial charge in [-0.2, -0.15) is 0 Å². The number of halogens is 1. The molecule has 2 N–H and O–H groups in total. The standard InChI is InChI=1S/C19H28FN3O3/c1-14-4-5-16(12-17(14)20)22-18(24)13-23-9-6-15(7-10-23)19(25)21-8-3-11-26-2/h4-5,12,15H,3,6-11,13H2,1-2H3,(H,21,25)(H,22,24). The first-order valence-corrected chi connectivity index (χ1v) is 9.04. The summed E-state index contributed by atoms with van der Waals surface area (Å²) in [4.78, 5) is 26.3. The summed E-state index contributed by atoms with van der Waals surface area (Å²) >= 11 is 0. The van der Waals surface area contributed by atoms with E-state index in [1.807, 2.05) is 4.90 Å². The molecular weight excluding hydrogens is 337 g/mol. The number of hydrogen-bond acceptors (Lipinski definition) is 4. The molecule has 6 nitrogen and oxygen atoms in total. The third-order valence-electron chi connectivity index (χ3n) is 4.61. The molecule has 0 saturated carbocycles. The highest BCUT2D eigenvalue weighted by molar-refractivity contribution is 5.92.